The zero-order valence-corrected chi connectivity index (χ0v) is 17.6. The van der Waals surface area contributed by atoms with E-state index < -0.39 is 11.7 Å². The van der Waals surface area contributed by atoms with E-state index >= 15 is 0 Å². The highest BCUT2D eigenvalue weighted by atomic mass is 19.4. The number of ether oxygens (including phenoxy) is 2. The molecule has 0 unspecified atom stereocenters. The largest absolute Gasteiger partial charge is 0.439 e. The predicted molar refractivity (Wildman–Crippen MR) is 113 cm³/mol. The highest BCUT2D eigenvalue weighted by Crippen LogP contribution is 2.30. The summed E-state index contributed by atoms with van der Waals surface area (Å²) in [5, 5.41) is 0.741. The van der Waals surface area contributed by atoms with E-state index in [1.807, 2.05) is 4.90 Å². The molecule has 0 atom stereocenters. The first kappa shape index (κ1) is 21.6. The van der Waals surface area contributed by atoms with Crippen molar-refractivity contribution in [3.8, 4) is 11.6 Å². The number of amides is 1. The molecule has 3 aromatic rings. The van der Waals surface area contributed by atoms with Crippen LogP contribution in [0.1, 0.15) is 16.1 Å². The van der Waals surface area contributed by atoms with Crippen LogP contribution in [0.15, 0.2) is 48.7 Å². The van der Waals surface area contributed by atoms with Crippen LogP contribution < -0.4 is 4.74 Å². The predicted octanol–water partition coefficient (Wildman–Crippen LogP) is 3.60. The Bertz CT molecular complexity index is 1160. The lowest BCUT2D eigenvalue weighted by molar-refractivity contribution is -0.137. The SMILES string of the molecule is O=C(c1ccc2cc(Oc3ccc(C(F)(F)F)cn3)ccc2n1)N1CCN(C2COC2)CC1. The number of hydrogen-bond donors (Lipinski definition) is 0. The van der Waals surface area contributed by atoms with E-state index in [1.54, 1.807) is 30.3 Å². The fourth-order valence-corrected chi connectivity index (χ4v) is 3.90. The summed E-state index contributed by atoms with van der Waals surface area (Å²) < 4.78 is 48.8. The zero-order valence-electron chi connectivity index (χ0n) is 17.6. The quantitative estimate of drug-likeness (QED) is 0.595. The molecule has 33 heavy (non-hydrogen) atoms. The molecule has 4 heterocycles. The van der Waals surface area contributed by atoms with Crippen molar-refractivity contribution in [2.75, 3.05) is 39.4 Å². The Morgan fingerprint density at radius 2 is 1.82 bits per heavy atom. The zero-order chi connectivity index (χ0) is 23.0. The van der Waals surface area contributed by atoms with Crippen LogP contribution in [-0.4, -0.2) is 71.1 Å². The van der Waals surface area contributed by atoms with E-state index in [2.05, 4.69) is 14.9 Å². The summed E-state index contributed by atoms with van der Waals surface area (Å²) in [6.07, 6.45) is -3.72. The molecule has 10 heteroatoms. The van der Waals surface area contributed by atoms with Crippen molar-refractivity contribution < 1.29 is 27.4 Å². The molecule has 2 fully saturated rings. The summed E-state index contributed by atoms with van der Waals surface area (Å²) in [5.74, 6) is 0.358. The van der Waals surface area contributed by atoms with Gasteiger partial charge in [-0.1, -0.05) is 6.07 Å². The van der Waals surface area contributed by atoms with Gasteiger partial charge in [0.1, 0.15) is 11.4 Å². The van der Waals surface area contributed by atoms with E-state index in [0.717, 1.165) is 44.0 Å². The van der Waals surface area contributed by atoms with Gasteiger partial charge in [0.05, 0.1) is 30.3 Å². The highest BCUT2D eigenvalue weighted by Gasteiger charge is 2.31. The van der Waals surface area contributed by atoms with Crippen molar-refractivity contribution in [2.24, 2.45) is 0 Å². The second kappa shape index (κ2) is 8.60. The van der Waals surface area contributed by atoms with E-state index in [0.29, 0.717) is 36.1 Å². The molecule has 1 amide bonds. The van der Waals surface area contributed by atoms with Gasteiger partial charge in [-0.2, -0.15) is 13.2 Å². The smallest absolute Gasteiger partial charge is 0.417 e. The number of fused-ring (bicyclic) bond motifs is 1. The third-order valence-corrected chi connectivity index (χ3v) is 5.90. The van der Waals surface area contributed by atoms with Gasteiger partial charge in [-0.3, -0.25) is 9.69 Å². The lowest BCUT2D eigenvalue weighted by Gasteiger charge is -2.42. The summed E-state index contributed by atoms with van der Waals surface area (Å²) in [6, 6.07) is 11.1. The molecule has 172 valence electrons. The number of pyridine rings is 2. The van der Waals surface area contributed by atoms with Crippen molar-refractivity contribution in [1.29, 1.82) is 0 Å². The molecule has 0 aliphatic carbocycles. The number of rotatable bonds is 4. The summed E-state index contributed by atoms with van der Waals surface area (Å²) in [4.78, 5) is 25.3. The Balaban J connectivity index is 1.25. The van der Waals surface area contributed by atoms with Gasteiger partial charge in [0.2, 0.25) is 5.88 Å². The van der Waals surface area contributed by atoms with E-state index in [1.165, 1.54) is 6.07 Å². The maximum absolute atomic E-state index is 12.9. The van der Waals surface area contributed by atoms with Gasteiger partial charge in [-0.05, 0) is 30.3 Å². The number of carbonyl (C=O) groups is 1. The molecule has 0 radical (unpaired) electrons. The topological polar surface area (TPSA) is 67.8 Å². The summed E-state index contributed by atoms with van der Waals surface area (Å²) in [6.45, 7) is 4.49. The highest BCUT2D eigenvalue weighted by molar-refractivity contribution is 5.95. The Hall–Kier alpha value is -3.24. The van der Waals surface area contributed by atoms with Crippen LogP contribution in [0.5, 0.6) is 11.6 Å². The molecular weight excluding hydrogens is 437 g/mol. The summed E-state index contributed by atoms with van der Waals surface area (Å²) in [5.41, 5.74) is 0.160. The molecule has 2 saturated heterocycles. The van der Waals surface area contributed by atoms with Crippen LogP contribution in [0.25, 0.3) is 10.9 Å². The number of aromatic nitrogens is 2. The van der Waals surface area contributed by atoms with Gasteiger partial charge in [0.15, 0.2) is 0 Å². The van der Waals surface area contributed by atoms with Crippen molar-refractivity contribution in [1.82, 2.24) is 19.8 Å². The van der Waals surface area contributed by atoms with Gasteiger partial charge in [-0.15, -0.1) is 0 Å². The second-order valence-electron chi connectivity index (χ2n) is 8.06. The Morgan fingerprint density at radius 1 is 1.03 bits per heavy atom. The van der Waals surface area contributed by atoms with Gasteiger partial charge >= 0.3 is 6.18 Å². The number of nitrogens with zero attached hydrogens (tertiary/aromatic N) is 4. The van der Waals surface area contributed by atoms with Crippen LogP contribution in [0.3, 0.4) is 0 Å². The Kier molecular flexibility index (Phi) is 5.63. The van der Waals surface area contributed by atoms with E-state index in [4.69, 9.17) is 9.47 Å². The van der Waals surface area contributed by atoms with Gasteiger partial charge < -0.3 is 14.4 Å². The average molecular weight is 458 g/mol. The molecule has 7 nitrogen and oxygen atoms in total. The van der Waals surface area contributed by atoms with Crippen LogP contribution in [0.4, 0.5) is 13.2 Å². The van der Waals surface area contributed by atoms with E-state index in [-0.39, 0.29) is 11.8 Å². The standard InChI is InChI=1S/C23H21F3N4O3/c24-23(25,26)16-2-6-21(27-12-16)33-18-3-5-19-15(11-18)1-4-20(28-19)22(31)30-9-7-29(8-10-30)17-13-32-14-17/h1-6,11-12,17H,7-10,13-14H2. The van der Waals surface area contributed by atoms with Crippen molar-refractivity contribution >= 4 is 16.8 Å². The Morgan fingerprint density at radius 3 is 2.45 bits per heavy atom. The number of alkyl halides is 3. The first-order valence-corrected chi connectivity index (χ1v) is 10.6. The molecular formula is C23H21F3N4O3. The summed E-state index contributed by atoms with van der Waals surface area (Å²) in [7, 11) is 0. The molecule has 2 aliphatic heterocycles. The number of benzene rings is 1. The van der Waals surface area contributed by atoms with Crippen molar-refractivity contribution in [2.45, 2.75) is 12.2 Å². The number of carbonyl (C=O) groups excluding carboxylic acids is 1. The fourth-order valence-electron chi connectivity index (χ4n) is 3.90. The lowest BCUT2D eigenvalue weighted by Crippen LogP contribution is -2.57. The number of piperazine rings is 1. The molecule has 0 bridgehead atoms. The summed E-state index contributed by atoms with van der Waals surface area (Å²) >= 11 is 0. The van der Waals surface area contributed by atoms with E-state index in [9.17, 15) is 18.0 Å². The maximum Gasteiger partial charge on any atom is 0.417 e. The van der Waals surface area contributed by atoms with Gasteiger partial charge in [0, 0.05) is 43.8 Å². The minimum atomic E-state index is -4.45. The molecule has 2 aromatic heterocycles. The lowest BCUT2D eigenvalue weighted by atomic mass is 10.1. The minimum absolute atomic E-state index is 0.0507. The fraction of sp³-hybridized carbons (Fsp3) is 0.348. The normalized spacial score (nSPS) is 17.7. The Labute approximate surface area is 187 Å². The molecule has 0 spiro atoms. The first-order chi connectivity index (χ1) is 15.9. The monoisotopic (exact) mass is 458 g/mol. The minimum Gasteiger partial charge on any atom is -0.439 e. The third kappa shape index (κ3) is 4.62. The number of hydrogen-bond acceptors (Lipinski definition) is 6. The molecule has 0 N–H and O–H groups in total. The second-order valence-corrected chi connectivity index (χ2v) is 8.06. The van der Waals surface area contributed by atoms with Gasteiger partial charge in [0.25, 0.3) is 5.91 Å². The number of halogens is 3. The molecule has 2 aliphatic rings. The van der Waals surface area contributed by atoms with Crippen molar-refractivity contribution in [3.05, 3.63) is 59.9 Å². The van der Waals surface area contributed by atoms with Crippen LogP contribution in [0.2, 0.25) is 0 Å². The van der Waals surface area contributed by atoms with Crippen LogP contribution >= 0.6 is 0 Å². The average Bonchev–Trinajstić information content (AvgIpc) is 2.77. The third-order valence-electron chi connectivity index (χ3n) is 5.90. The van der Waals surface area contributed by atoms with Gasteiger partial charge in [-0.25, -0.2) is 9.97 Å². The molecule has 5 rings (SSSR count). The molecule has 1 aromatic carbocycles. The molecule has 0 saturated carbocycles. The van der Waals surface area contributed by atoms with Crippen LogP contribution in [0, 0.1) is 0 Å². The maximum atomic E-state index is 12.9. The van der Waals surface area contributed by atoms with Crippen LogP contribution in [-0.2, 0) is 10.9 Å². The van der Waals surface area contributed by atoms with Crippen molar-refractivity contribution in [3.63, 3.8) is 0 Å². The first-order valence-electron chi connectivity index (χ1n) is 10.6.